The maximum Gasteiger partial charge on any atom is 0.371 e. The third-order valence-electron chi connectivity index (χ3n) is 2.27. The zero-order valence-corrected chi connectivity index (χ0v) is 10.9. The number of aromatic amines is 1. The van der Waals surface area contributed by atoms with Crippen molar-refractivity contribution < 1.29 is 19.8 Å². The van der Waals surface area contributed by atoms with Gasteiger partial charge >= 0.3 is 5.97 Å². The van der Waals surface area contributed by atoms with Crippen molar-refractivity contribution >= 4 is 23.5 Å². The second kappa shape index (κ2) is 6.07. The average Bonchev–Trinajstić information content (AvgIpc) is 2.88. The minimum absolute atomic E-state index is 0.108. The van der Waals surface area contributed by atoms with Crippen LogP contribution < -0.4 is 0 Å². The maximum atomic E-state index is 11.6. The standard InChI is InChI=1S/C13H10N2O4S/c16-10(7-11(17)13(18)19)9-6-12(15-14-9)20-8-4-2-1-3-5-8/h1-7,17H,(H,14,15)(H,18,19). The Hall–Kier alpha value is -2.54. The highest BCUT2D eigenvalue weighted by atomic mass is 32.2. The molecular weight excluding hydrogens is 280 g/mol. The summed E-state index contributed by atoms with van der Waals surface area (Å²) < 4.78 is 0. The van der Waals surface area contributed by atoms with E-state index >= 15 is 0 Å². The van der Waals surface area contributed by atoms with E-state index < -0.39 is 17.5 Å². The van der Waals surface area contributed by atoms with E-state index in [9.17, 15) is 9.59 Å². The molecule has 0 amide bonds. The van der Waals surface area contributed by atoms with Gasteiger partial charge in [0.1, 0.15) is 10.7 Å². The number of aliphatic carboxylic acids is 1. The van der Waals surface area contributed by atoms with E-state index in [0.717, 1.165) is 4.90 Å². The smallest absolute Gasteiger partial charge is 0.371 e. The molecule has 1 heterocycles. The van der Waals surface area contributed by atoms with Gasteiger partial charge in [-0.1, -0.05) is 30.0 Å². The SMILES string of the molecule is O=C(O)C(O)=CC(=O)c1cc(Sc2ccccc2)n[nH]1. The number of nitrogens with one attached hydrogen (secondary N) is 1. The molecule has 0 spiro atoms. The van der Waals surface area contributed by atoms with Crippen molar-refractivity contribution in [2.24, 2.45) is 0 Å². The number of carboxylic acids is 1. The van der Waals surface area contributed by atoms with Crippen LogP contribution in [0.25, 0.3) is 0 Å². The van der Waals surface area contributed by atoms with Crippen LogP contribution in [-0.2, 0) is 4.79 Å². The molecule has 1 aromatic carbocycles. The number of aromatic nitrogens is 2. The number of rotatable bonds is 5. The molecule has 3 N–H and O–H groups in total. The van der Waals surface area contributed by atoms with E-state index in [1.54, 1.807) is 0 Å². The van der Waals surface area contributed by atoms with E-state index in [4.69, 9.17) is 10.2 Å². The molecule has 0 bridgehead atoms. The minimum atomic E-state index is -1.56. The van der Waals surface area contributed by atoms with E-state index in [1.165, 1.54) is 17.8 Å². The first-order chi connectivity index (χ1) is 9.56. The third-order valence-corrected chi connectivity index (χ3v) is 3.20. The van der Waals surface area contributed by atoms with Gasteiger partial charge in [0.2, 0.25) is 11.5 Å². The van der Waals surface area contributed by atoms with Crippen molar-refractivity contribution in [3.63, 3.8) is 0 Å². The quantitative estimate of drug-likeness (QED) is 0.443. The Labute approximate surface area is 118 Å². The number of hydrogen-bond donors (Lipinski definition) is 3. The highest BCUT2D eigenvalue weighted by molar-refractivity contribution is 7.99. The lowest BCUT2D eigenvalue weighted by molar-refractivity contribution is -0.135. The molecule has 6 nitrogen and oxygen atoms in total. The van der Waals surface area contributed by atoms with Crippen LogP contribution in [0.15, 0.2) is 58.2 Å². The molecule has 2 rings (SSSR count). The number of aliphatic hydroxyl groups excluding tert-OH is 1. The molecular formula is C13H10N2O4S. The van der Waals surface area contributed by atoms with Crippen molar-refractivity contribution in [3.8, 4) is 0 Å². The summed E-state index contributed by atoms with van der Waals surface area (Å²) in [5.74, 6) is -3.23. The molecule has 20 heavy (non-hydrogen) atoms. The number of allylic oxidation sites excluding steroid dienone is 1. The molecule has 0 atom stereocenters. The molecule has 0 radical (unpaired) electrons. The monoisotopic (exact) mass is 290 g/mol. The summed E-state index contributed by atoms with van der Waals surface area (Å²) in [7, 11) is 0. The van der Waals surface area contributed by atoms with Gasteiger partial charge < -0.3 is 10.2 Å². The highest BCUT2D eigenvalue weighted by Gasteiger charge is 2.12. The number of hydrogen-bond acceptors (Lipinski definition) is 5. The van der Waals surface area contributed by atoms with Crippen molar-refractivity contribution in [1.82, 2.24) is 10.2 Å². The fraction of sp³-hybridized carbons (Fsp3) is 0. The molecule has 0 aliphatic rings. The number of aliphatic hydroxyl groups is 1. The highest BCUT2D eigenvalue weighted by Crippen LogP contribution is 2.25. The number of H-pyrrole nitrogens is 1. The van der Waals surface area contributed by atoms with Crippen molar-refractivity contribution in [3.05, 3.63) is 53.9 Å². The van der Waals surface area contributed by atoms with Gasteiger partial charge in [0.15, 0.2) is 0 Å². The normalized spacial score (nSPS) is 11.3. The fourth-order valence-corrected chi connectivity index (χ4v) is 2.16. The van der Waals surface area contributed by atoms with Gasteiger partial charge in [-0.3, -0.25) is 9.89 Å². The molecule has 0 saturated carbocycles. The number of carbonyl (C=O) groups excluding carboxylic acids is 1. The lowest BCUT2D eigenvalue weighted by atomic mass is 10.2. The predicted octanol–water partition coefficient (Wildman–Crippen LogP) is 2.27. The number of benzene rings is 1. The molecule has 0 saturated heterocycles. The average molecular weight is 290 g/mol. The Balaban J connectivity index is 2.11. The van der Waals surface area contributed by atoms with Gasteiger partial charge in [-0.2, -0.15) is 5.10 Å². The van der Waals surface area contributed by atoms with Crippen molar-refractivity contribution in [2.75, 3.05) is 0 Å². The van der Waals surface area contributed by atoms with Crippen molar-refractivity contribution in [2.45, 2.75) is 9.92 Å². The first kappa shape index (κ1) is 13.9. The summed E-state index contributed by atoms with van der Waals surface area (Å²) >= 11 is 1.36. The molecule has 0 aliphatic heterocycles. The summed E-state index contributed by atoms with van der Waals surface area (Å²) in [6, 6.07) is 11.0. The topological polar surface area (TPSA) is 103 Å². The Bertz CT molecular complexity index is 664. The fourth-order valence-electron chi connectivity index (χ4n) is 1.35. The summed E-state index contributed by atoms with van der Waals surface area (Å²) in [5, 5.41) is 24.5. The van der Waals surface area contributed by atoms with E-state index in [1.807, 2.05) is 30.3 Å². The van der Waals surface area contributed by atoms with Crippen LogP contribution in [0.5, 0.6) is 0 Å². The molecule has 7 heteroatoms. The van der Waals surface area contributed by atoms with Crippen molar-refractivity contribution in [1.29, 1.82) is 0 Å². The van der Waals surface area contributed by atoms with E-state index in [2.05, 4.69) is 10.2 Å². The van der Waals surface area contributed by atoms with Crippen LogP contribution in [0.2, 0.25) is 0 Å². The second-order valence-corrected chi connectivity index (χ2v) is 4.83. The largest absolute Gasteiger partial charge is 0.502 e. The van der Waals surface area contributed by atoms with Gasteiger partial charge in [0, 0.05) is 17.0 Å². The lowest BCUT2D eigenvalue weighted by Crippen LogP contribution is -2.04. The van der Waals surface area contributed by atoms with Crippen LogP contribution in [0.3, 0.4) is 0 Å². The molecule has 0 unspecified atom stereocenters. The van der Waals surface area contributed by atoms with E-state index in [-0.39, 0.29) is 5.69 Å². The Kier molecular flexibility index (Phi) is 4.21. The van der Waals surface area contributed by atoms with Gasteiger partial charge in [0.05, 0.1) is 0 Å². The third kappa shape index (κ3) is 3.48. The second-order valence-electron chi connectivity index (χ2n) is 3.73. The lowest BCUT2D eigenvalue weighted by Gasteiger charge is -1.94. The maximum absolute atomic E-state index is 11.6. The molecule has 102 valence electrons. The number of ketones is 1. The summed E-state index contributed by atoms with van der Waals surface area (Å²) in [6.45, 7) is 0. The number of carbonyl (C=O) groups is 2. The molecule has 1 aromatic heterocycles. The first-order valence-corrected chi connectivity index (χ1v) is 6.34. The van der Waals surface area contributed by atoms with Gasteiger partial charge in [-0.15, -0.1) is 0 Å². The Morgan fingerprint density at radius 1 is 1.20 bits per heavy atom. The van der Waals surface area contributed by atoms with Crippen LogP contribution in [0, 0.1) is 0 Å². The molecule has 0 aliphatic carbocycles. The van der Waals surface area contributed by atoms with Gasteiger partial charge in [-0.05, 0) is 12.1 Å². The molecule has 2 aromatic rings. The van der Waals surface area contributed by atoms with Crippen LogP contribution >= 0.6 is 11.8 Å². The van der Waals surface area contributed by atoms with Gasteiger partial charge in [-0.25, -0.2) is 4.79 Å². The Morgan fingerprint density at radius 2 is 1.90 bits per heavy atom. The number of carboxylic acid groups (broad SMARTS) is 1. The number of nitrogens with zero attached hydrogens (tertiary/aromatic N) is 1. The summed E-state index contributed by atoms with van der Waals surface area (Å²) in [5.41, 5.74) is 0.108. The van der Waals surface area contributed by atoms with Crippen LogP contribution in [0.1, 0.15) is 10.5 Å². The zero-order valence-electron chi connectivity index (χ0n) is 10.1. The zero-order chi connectivity index (χ0) is 14.5. The van der Waals surface area contributed by atoms with E-state index in [0.29, 0.717) is 11.1 Å². The predicted molar refractivity (Wildman–Crippen MR) is 71.8 cm³/mol. The summed E-state index contributed by atoms with van der Waals surface area (Å²) in [6.07, 6.45) is 0.632. The minimum Gasteiger partial charge on any atom is -0.502 e. The molecule has 0 fully saturated rings. The Morgan fingerprint density at radius 3 is 2.55 bits per heavy atom. The first-order valence-electron chi connectivity index (χ1n) is 5.53. The van der Waals surface area contributed by atoms with Crippen LogP contribution in [0.4, 0.5) is 0 Å². The van der Waals surface area contributed by atoms with Gasteiger partial charge in [0.25, 0.3) is 0 Å². The van der Waals surface area contributed by atoms with Crippen LogP contribution in [-0.4, -0.2) is 32.2 Å². The summed E-state index contributed by atoms with van der Waals surface area (Å²) in [4.78, 5) is 23.0.